The normalized spacial score (nSPS) is 19.4. The van der Waals surface area contributed by atoms with E-state index in [-0.39, 0.29) is 5.56 Å². The molecule has 0 aromatic heterocycles. The van der Waals surface area contributed by atoms with Crippen molar-refractivity contribution in [2.75, 3.05) is 26.3 Å². The van der Waals surface area contributed by atoms with Crippen LogP contribution in [0.4, 0.5) is 8.78 Å². The summed E-state index contributed by atoms with van der Waals surface area (Å²) in [5, 5.41) is 10.4. The highest BCUT2D eigenvalue weighted by atomic mass is 19.2. The Balaban J connectivity index is 2.26. The molecule has 3 nitrogen and oxygen atoms in total. The number of hydrogen-bond donors (Lipinski definition) is 1. The fourth-order valence-corrected chi connectivity index (χ4v) is 2.42. The number of rotatable bonds is 3. The van der Waals surface area contributed by atoms with Gasteiger partial charge in [-0.1, -0.05) is 12.1 Å². The Hall–Kier alpha value is -1.04. The third kappa shape index (κ3) is 2.78. The molecule has 1 heterocycles. The first kappa shape index (κ1) is 14.4. The Bertz CT molecular complexity index is 445. The molecular formula is C14H19F2NO2. The minimum absolute atomic E-state index is 0.00325. The largest absolute Gasteiger partial charge is 0.386 e. The molecule has 1 atom stereocenters. The summed E-state index contributed by atoms with van der Waals surface area (Å²) in [4.78, 5) is 2.03. The Kier molecular flexibility index (Phi) is 4.18. The molecule has 1 saturated heterocycles. The smallest absolute Gasteiger partial charge is 0.164 e. The average molecular weight is 271 g/mol. The molecule has 1 aromatic rings. The van der Waals surface area contributed by atoms with Gasteiger partial charge < -0.3 is 9.84 Å². The number of hydrogen-bond acceptors (Lipinski definition) is 3. The van der Waals surface area contributed by atoms with E-state index in [4.69, 9.17) is 4.74 Å². The van der Waals surface area contributed by atoms with Crippen LogP contribution in [0.1, 0.15) is 25.5 Å². The van der Waals surface area contributed by atoms with Crippen molar-refractivity contribution in [2.24, 2.45) is 0 Å². The van der Waals surface area contributed by atoms with Gasteiger partial charge >= 0.3 is 0 Å². The molecular weight excluding hydrogens is 252 g/mol. The van der Waals surface area contributed by atoms with Crippen LogP contribution in [0.25, 0.3) is 0 Å². The van der Waals surface area contributed by atoms with Crippen LogP contribution in [0.3, 0.4) is 0 Å². The molecule has 0 bridgehead atoms. The third-order valence-corrected chi connectivity index (χ3v) is 3.77. The van der Waals surface area contributed by atoms with Gasteiger partial charge in [-0.3, -0.25) is 4.90 Å². The molecule has 2 rings (SSSR count). The van der Waals surface area contributed by atoms with E-state index < -0.39 is 23.3 Å². The average Bonchev–Trinajstić information content (AvgIpc) is 2.42. The van der Waals surface area contributed by atoms with Gasteiger partial charge in [0.1, 0.15) is 0 Å². The lowest BCUT2D eigenvalue weighted by Crippen LogP contribution is -2.53. The number of aliphatic hydroxyl groups is 1. The standard InChI is InChI=1S/C14H19F2NO2/c1-14(2,17-6-8-19-9-7-17)13(18)10-4-3-5-11(15)12(10)16/h3-5,13,18H,6-9H2,1-2H3. The van der Waals surface area contributed by atoms with Gasteiger partial charge in [0, 0.05) is 24.2 Å². The number of halogens is 2. The minimum atomic E-state index is -1.10. The van der Waals surface area contributed by atoms with Gasteiger partial charge in [0.2, 0.25) is 0 Å². The molecule has 1 fully saturated rings. The zero-order valence-corrected chi connectivity index (χ0v) is 11.2. The van der Waals surface area contributed by atoms with Crippen LogP contribution in [0.2, 0.25) is 0 Å². The lowest BCUT2D eigenvalue weighted by Gasteiger charge is -2.43. The molecule has 1 unspecified atom stereocenters. The van der Waals surface area contributed by atoms with Crippen LogP contribution < -0.4 is 0 Å². The van der Waals surface area contributed by atoms with E-state index in [2.05, 4.69) is 0 Å². The maximum absolute atomic E-state index is 13.8. The van der Waals surface area contributed by atoms with Gasteiger partial charge in [-0.05, 0) is 19.9 Å². The molecule has 1 N–H and O–H groups in total. The predicted octanol–water partition coefficient (Wildman–Crippen LogP) is 2.11. The molecule has 0 amide bonds. The van der Waals surface area contributed by atoms with E-state index >= 15 is 0 Å². The number of ether oxygens (including phenoxy) is 1. The summed E-state index contributed by atoms with van der Waals surface area (Å²) in [7, 11) is 0. The van der Waals surface area contributed by atoms with Gasteiger partial charge in [-0.25, -0.2) is 8.78 Å². The van der Waals surface area contributed by atoms with Crippen molar-refractivity contribution in [3.8, 4) is 0 Å². The summed E-state index contributed by atoms with van der Waals surface area (Å²) < 4.78 is 32.3. The third-order valence-electron chi connectivity index (χ3n) is 3.77. The van der Waals surface area contributed by atoms with Crippen LogP contribution in [0.5, 0.6) is 0 Å². The van der Waals surface area contributed by atoms with Gasteiger partial charge in [-0.2, -0.15) is 0 Å². The maximum atomic E-state index is 13.8. The highest BCUT2D eigenvalue weighted by molar-refractivity contribution is 5.24. The Morgan fingerprint density at radius 2 is 1.89 bits per heavy atom. The minimum Gasteiger partial charge on any atom is -0.386 e. The SMILES string of the molecule is CC(C)(C(O)c1cccc(F)c1F)N1CCOCC1. The second kappa shape index (κ2) is 5.53. The maximum Gasteiger partial charge on any atom is 0.164 e. The fourth-order valence-electron chi connectivity index (χ4n) is 2.42. The Morgan fingerprint density at radius 3 is 2.53 bits per heavy atom. The van der Waals surface area contributed by atoms with Crippen molar-refractivity contribution >= 4 is 0 Å². The lowest BCUT2D eigenvalue weighted by atomic mass is 9.88. The van der Waals surface area contributed by atoms with E-state index in [1.165, 1.54) is 12.1 Å². The van der Waals surface area contributed by atoms with Crippen LogP contribution >= 0.6 is 0 Å². The molecule has 1 aliphatic heterocycles. The predicted molar refractivity (Wildman–Crippen MR) is 67.8 cm³/mol. The van der Waals surface area contributed by atoms with Crippen LogP contribution in [0.15, 0.2) is 18.2 Å². The van der Waals surface area contributed by atoms with E-state index in [1.54, 1.807) is 0 Å². The number of nitrogens with zero attached hydrogens (tertiary/aromatic N) is 1. The van der Waals surface area contributed by atoms with Crippen molar-refractivity contribution in [3.63, 3.8) is 0 Å². The van der Waals surface area contributed by atoms with E-state index in [0.717, 1.165) is 6.07 Å². The van der Waals surface area contributed by atoms with E-state index in [9.17, 15) is 13.9 Å². The van der Waals surface area contributed by atoms with Crippen molar-refractivity contribution in [3.05, 3.63) is 35.4 Å². The monoisotopic (exact) mass is 271 g/mol. The molecule has 106 valence electrons. The molecule has 0 saturated carbocycles. The van der Waals surface area contributed by atoms with Gasteiger partial charge in [0.05, 0.1) is 19.3 Å². The first-order valence-electron chi connectivity index (χ1n) is 6.39. The zero-order valence-electron chi connectivity index (χ0n) is 11.2. The first-order chi connectivity index (χ1) is 8.94. The van der Waals surface area contributed by atoms with Crippen LogP contribution in [0, 0.1) is 11.6 Å². The highest BCUT2D eigenvalue weighted by Gasteiger charge is 2.37. The number of morpholine rings is 1. The highest BCUT2D eigenvalue weighted by Crippen LogP contribution is 2.33. The molecule has 1 aliphatic rings. The quantitative estimate of drug-likeness (QED) is 0.914. The summed E-state index contributed by atoms with van der Waals surface area (Å²) in [6.45, 7) is 6.16. The van der Waals surface area contributed by atoms with Crippen molar-refractivity contribution in [1.29, 1.82) is 0 Å². The summed E-state index contributed by atoms with van der Waals surface area (Å²) in [5.41, 5.74) is -0.685. The molecule has 0 aliphatic carbocycles. The summed E-state index contributed by atoms with van der Waals surface area (Å²) in [6, 6.07) is 3.88. The van der Waals surface area contributed by atoms with E-state index in [1.807, 2.05) is 18.7 Å². The van der Waals surface area contributed by atoms with Crippen LogP contribution in [-0.2, 0) is 4.74 Å². The zero-order chi connectivity index (χ0) is 14.0. The van der Waals surface area contributed by atoms with Crippen molar-refractivity contribution < 1.29 is 18.6 Å². The topological polar surface area (TPSA) is 32.7 Å². The molecule has 5 heteroatoms. The Morgan fingerprint density at radius 1 is 1.26 bits per heavy atom. The Labute approximate surface area is 111 Å². The van der Waals surface area contributed by atoms with Gasteiger partial charge in [0.15, 0.2) is 11.6 Å². The van der Waals surface area contributed by atoms with Crippen molar-refractivity contribution in [2.45, 2.75) is 25.5 Å². The first-order valence-corrected chi connectivity index (χ1v) is 6.39. The summed E-state index contributed by atoms with van der Waals surface area (Å²) in [6.07, 6.45) is -1.10. The fraction of sp³-hybridized carbons (Fsp3) is 0.571. The summed E-state index contributed by atoms with van der Waals surface area (Å²) >= 11 is 0. The second-order valence-corrected chi connectivity index (χ2v) is 5.30. The van der Waals surface area contributed by atoms with Gasteiger partial charge in [0.25, 0.3) is 0 Å². The van der Waals surface area contributed by atoms with Gasteiger partial charge in [-0.15, -0.1) is 0 Å². The molecule has 0 spiro atoms. The van der Waals surface area contributed by atoms with Crippen LogP contribution in [-0.4, -0.2) is 41.8 Å². The molecule has 19 heavy (non-hydrogen) atoms. The number of aliphatic hydroxyl groups excluding tert-OH is 1. The van der Waals surface area contributed by atoms with E-state index in [0.29, 0.717) is 26.3 Å². The lowest BCUT2D eigenvalue weighted by molar-refractivity contribution is -0.0640. The number of benzene rings is 1. The summed E-state index contributed by atoms with van der Waals surface area (Å²) in [5.74, 6) is -1.91. The molecule has 0 radical (unpaired) electrons. The van der Waals surface area contributed by atoms with Crippen molar-refractivity contribution in [1.82, 2.24) is 4.90 Å². The molecule has 1 aromatic carbocycles. The second-order valence-electron chi connectivity index (χ2n) is 5.30.